The molecule has 1 N–H and O–H groups in total. The predicted octanol–water partition coefficient (Wildman–Crippen LogP) is 3.08. The van der Waals surface area contributed by atoms with E-state index in [1.807, 2.05) is 30.3 Å². The van der Waals surface area contributed by atoms with Crippen molar-refractivity contribution in [3.8, 4) is 11.8 Å². The van der Waals surface area contributed by atoms with E-state index in [1.165, 1.54) is 0 Å². The van der Waals surface area contributed by atoms with Crippen LogP contribution in [0, 0.1) is 14.9 Å². The van der Waals surface area contributed by atoms with Crippen molar-refractivity contribution in [3.63, 3.8) is 0 Å². The third kappa shape index (κ3) is 5.07. The van der Waals surface area contributed by atoms with Crippen molar-refractivity contribution in [2.24, 2.45) is 5.10 Å². The smallest absolute Gasteiger partial charge is 0.280 e. The summed E-state index contributed by atoms with van der Waals surface area (Å²) < 4.78 is 6.55. The van der Waals surface area contributed by atoms with Gasteiger partial charge in [0, 0.05) is 9.13 Å². The van der Waals surface area contributed by atoms with E-state index in [-0.39, 0.29) is 5.91 Å². The van der Waals surface area contributed by atoms with Gasteiger partial charge in [-0.2, -0.15) is 10.4 Å². The lowest BCUT2D eigenvalue weighted by Crippen LogP contribution is -2.33. The number of carbonyl (C=O) groups is 1. The van der Waals surface area contributed by atoms with Gasteiger partial charge in [-0.3, -0.25) is 4.79 Å². The van der Waals surface area contributed by atoms with Crippen LogP contribution in [-0.2, 0) is 4.79 Å². The molecule has 6 heteroatoms. The Hall–Kier alpha value is -2.40. The van der Waals surface area contributed by atoms with Crippen LogP contribution in [0.2, 0.25) is 0 Å². The third-order valence-electron chi connectivity index (χ3n) is 2.95. The number of nitrogens with one attached hydrogen (secondary N) is 1. The zero-order valence-corrected chi connectivity index (χ0v) is 14.5. The van der Waals surface area contributed by atoms with E-state index in [1.54, 1.807) is 37.4 Å². The van der Waals surface area contributed by atoms with Crippen LogP contribution in [0.3, 0.4) is 0 Å². The topological polar surface area (TPSA) is 74.5 Å². The van der Waals surface area contributed by atoms with Crippen molar-refractivity contribution in [1.82, 2.24) is 5.43 Å². The first-order valence-corrected chi connectivity index (χ1v) is 7.92. The van der Waals surface area contributed by atoms with Gasteiger partial charge in [-0.15, -0.1) is 0 Å². The summed E-state index contributed by atoms with van der Waals surface area (Å²) in [4.78, 5) is 11.9. The highest BCUT2D eigenvalue weighted by Crippen LogP contribution is 2.13. The van der Waals surface area contributed by atoms with Gasteiger partial charge >= 0.3 is 0 Å². The second-order valence-corrected chi connectivity index (χ2v) is 5.81. The van der Waals surface area contributed by atoms with Crippen molar-refractivity contribution >= 4 is 34.7 Å². The van der Waals surface area contributed by atoms with Gasteiger partial charge in [0.2, 0.25) is 0 Å². The van der Waals surface area contributed by atoms with Crippen LogP contribution in [0.5, 0.6) is 5.75 Å². The summed E-state index contributed by atoms with van der Waals surface area (Å²) in [5.74, 6) is 0.171. The maximum absolute atomic E-state index is 11.9. The minimum Gasteiger partial charge on any atom is -0.481 e. The predicted molar refractivity (Wildman–Crippen MR) is 96.1 cm³/mol. The van der Waals surface area contributed by atoms with Crippen LogP contribution >= 0.6 is 22.6 Å². The summed E-state index contributed by atoms with van der Waals surface area (Å²) >= 11 is 2.20. The molecule has 0 fully saturated rings. The standard InChI is InChI=1S/C17H14IN3O2/c1-12(23-15-8-6-13(10-19)7-9-15)17(22)21-20-11-14-4-2-3-5-16(14)18/h2-9,11-12H,1H3,(H,21,22)/b20-11-/t12-/m1/s1. The van der Waals surface area contributed by atoms with Crippen LogP contribution in [0.4, 0.5) is 0 Å². The molecule has 0 aliphatic heterocycles. The molecule has 0 bridgehead atoms. The van der Waals surface area contributed by atoms with E-state index in [0.29, 0.717) is 11.3 Å². The number of amides is 1. The summed E-state index contributed by atoms with van der Waals surface area (Å²) in [5.41, 5.74) is 3.91. The number of hydrogen-bond acceptors (Lipinski definition) is 4. The molecular weight excluding hydrogens is 405 g/mol. The lowest BCUT2D eigenvalue weighted by Gasteiger charge is -2.12. The SMILES string of the molecule is C[C@@H](Oc1ccc(C#N)cc1)C(=O)N/N=C\c1ccccc1I. The van der Waals surface area contributed by atoms with Gasteiger partial charge in [0.05, 0.1) is 17.8 Å². The molecule has 0 radical (unpaired) electrons. The quantitative estimate of drug-likeness (QED) is 0.460. The Bertz CT molecular complexity index is 751. The largest absolute Gasteiger partial charge is 0.481 e. The Kier molecular flexibility index (Phi) is 6.11. The van der Waals surface area contributed by atoms with Crippen molar-refractivity contribution in [2.45, 2.75) is 13.0 Å². The fourth-order valence-electron chi connectivity index (χ4n) is 1.70. The van der Waals surface area contributed by atoms with Crippen molar-refractivity contribution in [2.75, 3.05) is 0 Å². The highest BCUT2D eigenvalue weighted by atomic mass is 127. The maximum atomic E-state index is 11.9. The molecule has 0 saturated heterocycles. The molecule has 2 rings (SSSR count). The van der Waals surface area contributed by atoms with Gasteiger partial charge in [-0.25, -0.2) is 5.43 Å². The molecule has 2 aromatic carbocycles. The Morgan fingerprint density at radius 1 is 1.30 bits per heavy atom. The first-order chi connectivity index (χ1) is 11.1. The number of nitrogens with zero attached hydrogens (tertiary/aromatic N) is 2. The Labute approximate surface area is 148 Å². The number of hydrogen-bond donors (Lipinski definition) is 1. The maximum Gasteiger partial charge on any atom is 0.280 e. The van der Waals surface area contributed by atoms with E-state index >= 15 is 0 Å². The number of hydrazone groups is 1. The van der Waals surface area contributed by atoms with Crippen LogP contribution < -0.4 is 10.2 Å². The van der Waals surface area contributed by atoms with Crippen LogP contribution in [0.25, 0.3) is 0 Å². The zero-order valence-electron chi connectivity index (χ0n) is 12.4. The third-order valence-corrected chi connectivity index (χ3v) is 3.93. The van der Waals surface area contributed by atoms with Gasteiger partial charge < -0.3 is 4.74 Å². The molecule has 0 aromatic heterocycles. The summed E-state index contributed by atoms with van der Waals surface area (Å²) in [6.07, 6.45) is 0.892. The van der Waals surface area contributed by atoms with Crippen LogP contribution in [0.1, 0.15) is 18.1 Å². The monoisotopic (exact) mass is 419 g/mol. The number of rotatable bonds is 5. The second kappa shape index (κ2) is 8.29. The second-order valence-electron chi connectivity index (χ2n) is 4.65. The lowest BCUT2D eigenvalue weighted by molar-refractivity contribution is -0.127. The molecule has 1 amide bonds. The Balaban J connectivity index is 1.89. The molecule has 23 heavy (non-hydrogen) atoms. The molecule has 0 saturated carbocycles. The minimum absolute atomic E-state index is 0.350. The van der Waals surface area contributed by atoms with Gasteiger partial charge in [0.15, 0.2) is 6.10 Å². The average molecular weight is 419 g/mol. The lowest BCUT2D eigenvalue weighted by atomic mass is 10.2. The first-order valence-electron chi connectivity index (χ1n) is 6.84. The number of nitriles is 1. The number of halogens is 1. The van der Waals surface area contributed by atoms with Crippen LogP contribution in [0.15, 0.2) is 53.6 Å². The molecule has 2 aromatic rings. The number of benzene rings is 2. The molecule has 0 heterocycles. The number of ether oxygens (including phenoxy) is 1. The van der Waals surface area contributed by atoms with E-state index in [9.17, 15) is 4.79 Å². The first kappa shape index (κ1) is 17.0. The fourth-order valence-corrected chi connectivity index (χ4v) is 2.23. The van der Waals surface area contributed by atoms with Crippen molar-refractivity contribution < 1.29 is 9.53 Å². The molecule has 0 aliphatic carbocycles. The van der Waals surface area contributed by atoms with Crippen molar-refractivity contribution in [3.05, 3.63) is 63.2 Å². The summed E-state index contributed by atoms with van der Waals surface area (Å²) in [6, 6.07) is 16.3. The van der Waals surface area contributed by atoms with Crippen molar-refractivity contribution in [1.29, 1.82) is 5.26 Å². The highest BCUT2D eigenvalue weighted by Gasteiger charge is 2.13. The van der Waals surface area contributed by atoms with E-state index in [2.05, 4.69) is 33.1 Å². The molecule has 0 spiro atoms. The molecule has 1 atom stereocenters. The van der Waals surface area contributed by atoms with Gasteiger partial charge in [-0.05, 0) is 59.8 Å². The normalized spacial score (nSPS) is 11.7. The summed E-state index contributed by atoms with van der Waals surface area (Å²) in [5, 5.41) is 12.7. The van der Waals surface area contributed by atoms with E-state index in [0.717, 1.165) is 9.13 Å². The van der Waals surface area contributed by atoms with E-state index < -0.39 is 6.10 Å². The fraction of sp³-hybridized carbons (Fsp3) is 0.118. The van der Waals surface area contributed by atoms with E-state index in [4.69, 9.17) is 10.00 Å². The molecule has 5 nitrogen and oxygen atoms in total. The summed E-state index contributed by atoms with van der Waals surface area (Å²) in [6.45, 7) is 1.63. The average Bonchev–Trinajstić information content (AvgIpc) is 2.57. The Morgan fingerprint density at radius 2 is 2.00 bits per heavy atom. The van der Waals surface area contributed by atoms with Gasteiger partial charge in [0.25, 0.3) is 5.91 Å². The molecular formula is C17H14IN3O2. The molecule has 0 aliphatic rings. The Morgan fingerprint density at radius 3 is 2.65 bits per heavy atom. The number of carbonyl (C=O) groups excluding carboxylic acids is 1. The van der Waals surface area contributed by atoms with Crippen LogP contribution in [-0.4, -0.2) is 18.2 Å². The van der Waals surface area contributed by atoms with Gasteiger partial charge in [-0.1, -0.05) is 18.2 Å². The minimum atomic E-state index is -0.699. The van der Waals surface area contributed by atoms with Gasteiger partial charge in [0.1, 0.15) is 5.75 Å². The molecule has 0 unspecified atom stereocenters. The zero-order chi connectivity index (χ0) is 16.7. The molecule has 116 valence electrons. The summed E-state index contributed by atoms with van der Waals surface area (Å²) in [7, 11) is 0. The highest BCUT2D eigenvalue weighted by molar-refractivity contribution is 14.1.